The average molecular weight is 601 g/mol. The molecule has 0 bridgehead atoms. The van der Waals surface area contributed by atoms with Crippen LogP contribution in [0.3, 0.4) is 0 Å². The van der Waals surface area contributed by atoms with Crippen molar-refractivity contribution in [2.45, 2.75) is 0 Å². The number of hydrogen-bond donors (Lipinski definition) is 1. The van der Waals surface area contributed by atoms with Gasteiger partial charge in [0.15, 0.2) is 5.13 Å². The summed E-state index contributed by atoms with van der Waals surface area (Å²) >= 11 is 14.5. The Kier molecular flexibility index (Phi) is 8.78. The maximum Gasteiger partial charge on any atom is 0.217 e. The van der Waals surface area contributed by atoms with E-state index >= 15 is 0 Å². The Morgan fingerprint density at radius 1 is 0.675 bits per heavy atom. The lowest BCUT2D eigenvalue weighted by Crippen LogP contribution is -2.00. The second kappa shape index (κ2) is 12.6. The number of carbonyl (C=O) groups is 1. The first-order valence-corrected chi connectivity index (χ1v) is 15.7. The van der Waals surface area contributed by atoms with Gasteiger partial charge < -0.3 is 5.09 Å². The smallest absolute Gasteiger partial charge is 0.217 e. The summed E-state index contributed by atoms with van der Waals surface area (Å²) in [5.41, 5.74) is 3.23. The minimum absolute atomic E-state index is 0.171. The number of anilines is 1. The molecule has 198 valence electrons. The lowest BCUT2D eigenvalue weighted by Gasteiger charge is -2.13. The molecule has 5 rings (SSSR count). The fourth-order valence-corrected chi connectivity index (χ4v) is 8.02. The SMILES string of the molecule is O=C(c1ccccc1)c1sc(NP(=O)(/C=C(\Cl)c2ccccc2)/C=C(\Cl)c2ccccc2)nc1-c1ccccc1. The lowest BCUT2D eigenvalue weighted by molar-refractivity contribution is 0.104. The molecule has 0 fully saturated rings. The van der Waals surface area contributed by atoms with E-state index in [1.165, 1.54) is 11.6 Å². The fraction of sp³-hybridized carbons (Fsp3) is 0. The van der Waals surface area contributed by atoms with Gasteiger partial charge in [-0.25, -0.2) is 4.98 Å². The molecule has 0 aliphatic heterocycles. The third-order valence-electron chi connectivity index (χ3n) is 5.90. The molecule has 4 aromatic carbocycles. The Bertz CT molecular complexity index is 1660. The summed E-state index contributed by atoms with van der Waals surface area (Å²) in [7, 11) is -3.59. The van der Waals surface area contributed by atoms with Gasteiger partial charge in [0.2, 0.25) is 13.1 Å². The molecular formula is C32H23Cl2N2O2PS. The minimum Gasteiger partial charge on any atom is -0.306 e. The number of carbonyl (C=O) groups excluding carboxylic acids is 1. The van der Waals surface area contributed by atoms with E-state index in [1.807, 2.05) is 109 Å². The zero-order valence-electron chi connectivity index (χ0n) is 21.1. The van der Waals surface area contributed by atoms with E-state index in [9.17, 15) is 9.36 Å². The van der Waals surface area contributed by atoms with Crippen LogP contribution in [0.5, 0.6) is 0 Å². The van der Waals surface area contributed by atoms with Crippen molar-refractivity contribution in [3.63, 3.8) is 0 Å². The van der Waals surface area contributed by atoms with Gasteiger partial charge in [0.05, 0.1) is 15.8 Å². The molecule has 1 N–H and O–H groups in total. The van der Waals surface area contributed by atoms with Crippen molar-refractivity contribution in [2.24, 2.45) is 0 Å². The van der Waals surface area contributed by atoms with E-state index in [4.69, 9.17) is 28.2 Å². The van der Waals surface area contributed by atoms with Crippen LogP contribution in [-0.2, 0) is 4.57 Å². The number of thiazole rings is 1. The van der Waals surface area contributed by atoms with Gasteiger partial charge >= 0.3 is 0 Å². The highest BCUT2D eigenvalue weighted by Gasteiger charge is 2.25. The molecule has 0 atom stereocenters. The molecular weight excluding hydrogens is 578 g/mol. The monoisotopic (exact) mass is 600 g/mol. The highest BCUT2D eigenvalue weighted by atomic mass is 35.5. The van der Waals surface area contributed by atoms with Gasteiger partial charge in [0.1, 0.15) is 4.88 Å². The summed E-state index contributed by atoms with van der Waals surface area (Å²) in [4.78, 5) is 18.7. The van der Waals surface area contributed by atoms with Crippen molar-refractivity contribution >= 4 is 62.8 Å². The summed E-state index contributed by atoms with van der Waals surface area (Å²) in [5.74, 6) is 2.77. The van der Waals surface area contributed by atoms with Gasteiger partial charge in [-0.05, 0) is 11.1 Å². The quantitative estimate of drug-likeness (QED) is 0.135. The maximum atomic E-state index is 14.5. The van der Waals surface area contributed by atoms with Crippen molar-refractivity contribution in [3.8, 4) is 11.3 Å². The molecule has 0 spiro atoms. The van der Waals surface area contributed by atoms with Crippen LogP contribution in [0.1, 0.15) is 26.4 Å². The van der Waals surface area contributed by atoms with E-state index in [2.05, 4.69) is 5.09 Å². The first-order chi connectivity index (χ1) is 19.4. The fourth-order valence-electron chi connectivity index (χ4n) is 3.97. The van der Waals surface area contributed by atoms with Crippen molar-refractivity contribution in [3.05, 3.63) is 155 Å². The Labute approximate surface area is 247 Å². The Morgan fingerprint density at radius 2 is 1.10 bits per heavy atom. The molecule has 8 heteroatoms. The van der Waals surface area contributed by atoms with Crippen LogP contribution in [0.4, 0.5) is 5.13 Å². The van der Waals surface area contributed by atoms with Crippen LogP contribution >= 0.6 is 41.8 Å². The highest BCUT2D eigenvalue weighted by molar-refractivity contribution is 7.72. The molecule has 1 heterocycles. The number of ketones is 1. The molecule has 5 aromatic rings. The summed E-state index contributed by atoms with van der Waals surface area (Å²) in [5, 5.41) is 3.99. The lowest BCUT2D eigenvalue weighted by atomic mass is 10.1. The van der Waals surface area contributed by atoms with Gasteiger partial charge in [-0.1, -0.05) is 156 Å². The van der Waals surface area contributed by atoms with E-state index in [0.717, 1.165) is 16.9 Å². The Morgan fingerprint density at radius 3 is 1.57 bits per heavy atom. The number of aromatic nitrogens is 1. The first kappa shape index (κ1) is 27.8. The molecule has 0 amide bonds. The van der Waals surface area contributed by atoms with Crippen LogP contribution in [0.15, 0.2) is 133 Å². The Balaban J connectivity index is 1.60. The highest BCUT2D eigenvalue weighted by Crippen LogP contribution is 2.54. The van der Waals surface area contributed by atoms with Crippen LogP contribution in [0.25, 0.3) is 21.3 Å². The van der Waals surface area contributed by atoms with Crippen LogP contribution in [-0.4, -0.2) is 10.8 Å². The van der Waals surface area contributed by atoms with Crippen LogP contribution in [0, 0.1) is 0 Å². The van der Waals surface area contributed by atoms with Crippen molar-refractivity contribution in [1.29, 1.82) is 0 Å². The van der Waals surface area contributed by atoms with Gasteiger partial charge in [-0.15, -0.1) is 0 Å². The number of nitrogens with one attached hydrogen (secondary N) is 1. The maximum absolute atomic E-state index is 14.5. The number of nitrogens with zero attached hydrogens (tertiary/aromatic N) is 1. The second-order valence-electron chi connectivity index (χ2n) is 8.77. The predicted octanol–water partition coefficient (Wildman–Crippen LogP) is 10.2. The summed E-state index contributed by atoms with van der Waals surface area (Å²) in [6.45, 7) is 0. The van der Waals surface area contributed by atoms with E-state index in [0.29, 0.717) is 42.5 Å². The van der Waals surface area contributed by atoms with Crippen LogP contribution in [0.2, 0.25) is 0 Å². The largest absolute Gasteiger partial charge is 0.306 e. The second-order valence-corrected chi connectivity index (χ2v) is 12.7. The summed E-state index contributed by atoms with van der Waals surface area (Å²) in [6, 6.07) is 37.0. The number of hydrogen-bond acceptors (Lipinski definition) is 4. The number of benzene rings is 4. The van der Waals surface area contributed by atoms with Gasteiger partial charge in [-0.2, -0.15) is 0 Å². The zero-order chi connectivity index (χ0) is 28.0. The molecule has 0 saturated carbocycles. The van der Waals surface area contributed by atoms with Gasteiger partial charge in [0.25, 0.3) is 0 Å². The topological polar surface area (TPSA) is 59.1 Å². The first-order valence-electron chi connectivity index (χ1n) is 12.3. The molecule has 4 nitrogen and oxygen atoms in total. The van der Waals surface area contributed by atoms with Crippen molar-refractivity contribution < 1.29 is 9.36 Å². The zero-order valence-corrected chi connectivity index (χ0v) is 24.3. The summed E-state index contributed by atoms with van der Waals surface area (Å²) < 4.78 is 14.5. The minimum atomic E-state index is -3.59. The molecule has 0 aliphatic rings. The summed E-state index contributed by atoms with van der Waals surface area (Å²) in [6.07, 6.45) is 0. The number of rotatable bonds is 9. The third kappa shape index (κ3) is 6.70. The molecule has 0 unspecified atom stereocenters. The van der Waals surface area contributed by atoms with Crippen molar-refractivity contribution in [2.75, 3.05) is 5.09 Å². The number of halogens is 2. The molecule has 40 heavy (non-hydrogen) atoms. The normalized spacial score (nSPS) is 12.2. The van der Waals surface area contributed by atoms with E-state index in [1.54, 1.807) is 12.1 Å². The van der Waals surface area contributed by atoms with E-state index in [-0.39, 0.29) is 5.78 Å². The molecule has 0 aliphatic carbocycles. The van der Waals surface area contributed by atoms with E-state index < -0.39 is 7.29 Å². The van der Waals surface area contributed by atoms with Crippen LogP contribution < -0.4 is 5.09 Å². The molecule has 1 aromatic heterocycles. The Hall–Kier alpha value is -3.73. The predicted molar refractivity (Wildman–Crippen MR) is 169 cm³/mol. The standard InChI is InChI=1S/C32H23Cl2N2O2PS/c33-27(23-13-5-1-6-14-23)21-39(38,22-28(34)24-15-7-2-8-16-24)36-32-35-29(25-17-9-3-10-18-25)31(40-32)30(37)26-19-11-4-12-20-26/h1-22H,(H,35,36,38)/b27-21-,28-22-. The average Bonchev–Trinajstić information content (AvgIpc) is 3.41. The third-order valence-corrected chi connectivity index (χ3v) is 9.82. The van der Waals surface area contributed by atoms with Crippen molar-refractivity contribution in [1.82, 2.24) is 4.98 Å². The van der Waals surface area contributed by atoms with Gasteiger partial charge in [-0.3, -0.25) is 9.36 Å². The molecule has 0 radical (unpaired) electrons. The molecule has 0 saturated heterocycles. The van der Waals surface area contributed by atoms with Gasteiger partial charge in [0, 0.05) is 22.8 Å².